The van der Waals surface area contributed by atoms with Crippen molar-refractivity contribution in [2.24, 2.45) is 0 Å². The van der Waals surface area contributed by atoms with E-state index in [-0.39, 0.29) is 0 Å². The maximum Gasteiger partial charge on any atom is 0.167 e. The second-order valence-corrected chi connectivity index (χ2v) is 4.42. The molecule has 0 amide bonds. The summed E-state index contributed by atoms with van der Waals surface area (Å²) < 4.78 is 0. The molecule has 0 bridgehead atoms. The zero-order chi connectivity index (χ0) is 10.7. The number of hydrogen-bond donors (Lipinski definition) is 0. The third-order valence-electron chi connectivity index (χ3n) is 2.46. The molecule has 0 saturated carbocycles. The lowest BCUT2D eigenvalue weighted by Crippen LogP contribution is -2.32. The fraction of sp³-hybridized carbons (Fsp3) is 0.455. The number of nitrogens with zero attached hydrogens (tertiary/aromatic N) is 1. The summed E-state index contributed by atoms with van der Waals surface area (Å²) in [5, 5.41) is 2.97. The minimum atomic E-state index is 0.491. The predicted octanol–water partition coefficient (Wildman–Crippen LogP) is 3.77. The Kier molecular flexibility index (Phi) is 3.73. The van der Waals surface area contributed by atoms with Crippen LogP contribution in [-0.4, -0.2) is 18.2 Å². The van der Waals surface area contributed by atoms with Gasteiger partial charge in [-0.1, -0.05) is 35.7 Å². The average Bonchev–Trinajstić information content (AvgIpc) is 2.26. The molecule has 1 aromatic rings. The summed E-state index contributed by atoms with van der Waals surface area (Å²) in [5.74, 6) is 0.645. The standard InChI is InChI=1S/C11H13Cl2NO/c12-9-5-4-6-10(11(9)13)15-14-7-2-1-3-8-14/h4-6H,1-3,7-8H2. The summed E-state index contributed by atoms with van der Waals surface area (Å²) in [6.07, 6.45) is 3.64. The van der Waals surface area contributed by atoms with Gasteiger partial charge in [0.15, 0.2) is 5.75 Å². The molecule has 0 atom stereocenters. The van der Waals surface area contributed by atoms with Crippen LogP contribution in [0, 0.1) is 0 Å². The first-order valence-corrected chi connectivity index (χ1v) is 5.90. The van der Waals surface area contributed by atoms with E-state index in [4.69, 9.17) is 28.0 Å². The normalized spacial score (nSPS) is 17.7. The Balaban J connectivity index is 2.06. The van der Waals surface area contributed by atoms with Gasteiger partial charge in [-0.2, -0.15) is 0 Å². The minimum Gasteiger partial charge on any atom is -0.404 e. The lowest BCUT2D eigenvalue weighted by molar-refractivity contribution is -0.0718. The Bertz CT molecular complexity index is 337. The van der Waals surface area contributed by atoms with Crippen molar-refractivity contribution < 1.29 is 4.84 Å². The Morgan fingerprint density at radius 1 is 1.07 bits per heavy atom. The van der Waals surface area contributed by atoms with Crippen LogP contribution in [0.2, 0.25) is 10.0 Å². The van der Waals surface area contributed by atoms with E-state index < -0.39 is 0 Å². The van der Waals surface area contributed by atoms with E-state index in [1.807, 2.05) is 17.2 Å². The van der Waals surface area contributed by atoms with Crippen LogP contribution in [0.5, 0.6) is 5.75 Å². The highest BCUT2D eigenvalue weighted by atomic mass is 35.5. The number of piperidine rings is 1. The third-order valence-corrected chi connectivity index (χ3v) is 3.26. The highest BCUT2D eigenvalue weighted by Crippen LogP contribution is 2.32. The fourth-order valence-corrected chi connectivity index (χ4v) is 1.98. The van der Waals surface area contributed by atoms with E-state index in [0.717, 1.165) is 13.1 Å². The molecule has 2 rings (SSSR count). The lowest BCUT2D eigenvalue weighted by atomic mass is 10.2. The highest BCUT2D eigenvalue weighted by molar-refractivity contribution is 6.42. The van der Waals surface area contributed by atoms with Gasteiger partial charge in [-0.05, 0) is 25.0 Å². The summed E-state index contributed by atoms with van der Waals surface area (Å²) in [6, 6.07) is 5.43. The second-order valence-electron chi connectivity index (χ2n) is 3.63. The van der Waals surface area contributed by atoms with Gasteiger partial charge in [-0.3, -0.25) is 0 Å². The summed E-state index contributed by atoms with van der Waals surface area (Å²) >= 11 is 11.9. The zero-order valence-corrected chi connectivity index (χ0v) is 9.89. The maximum absolute atomic E-state index is 6.03. The molecule has 15 heavy (non-hydrogen) atoms. The topological polar surface area (TPSA) is 12.5 Å². The summed E-state index contributed by atoms with van der Waals surface area (Å²) in [7, 11) is 0. The molecule has 0 unspecified atom stereocenters. The minimum absolute atomic E-state index is 0.491. The molecule has 1 saturated heterocycles. The van der Waals surface area contributed by atoms with Crippen LogP contribution in [0.25, 0.3) is 0 Å². The van der Waals surface area contributed by atoms with Crippen LogP contribution < -0.4 is 4.84 Å². The molecule has 1 aliphatic rings. The molecule has 0 aliphatic carbocycles. The highest BCUT2D eigenvalue weighted by Gasteiger charge is 2.14. The fourth-order valence-electron chi connectivity index (χ4n) is 1.65. The van der Waals surface area contributed by atoms with Crippen molar-refractivity contribution >= 4 is 23.2 Å². The van der Waals surface area contributed by atoms with Crippen molar-refractivity contribution in [3.05, 3.63) is 28.2 Å². The van der Waals surface area contributed by atoms with Crippen LogP contribution in [-0.2, 0) is 0 Å². The number of hydrogen-bond acceptors (Lipinski definition) is 2. The molecule has 0 N–H and O–H groups in total. The predicted molar refractivity (Wildman–Crippen MR) is 62.5 cm³/mol. The Morgan fingerprint density at radius 2 is 1.80 bits per heavy atom. The smallest absolute Gasteiger partial charge is 0.167 e. The van der Waals surface area contributed by atoms with Crippen LogP contribution >= 0.6 is 23.2 Å². The van der Waals surface area contributed by atoms with Crippen LogP contribution in [0.4, 0.5) is 0 Å². The molecule has 82 valence electrons. The van der Waals surface area contributed by atoms with Crippen molar-refractivity contribution in [3.63, 3.8) is 0 Å². The molecule has 1 fully saturated rings. The lowest BCUT2D eigenvalue weighted by Gasteiger charge is -2.26. The number of benzene rings is 1. The van der Waals surface area contributed by atoms with Gasteiger partial charge < -0.3 is 4.84 Å². The van der Waals surface area contributed by atoms with E-state index in [0.29, 0.717) is 15.8 Å². The van der Waals surface area contributed by atoms with Gasteiger partial charge in [0.1, 0.15) is 5.02 Å². The number of hydroxylamine groups is 2. The van der Waals surface area contributed by atoms with E-state index in [2.05, 4.69) is 0 Å². The van der Waals surface area contributed by atoms with Crippen molar-refractivity contribution in [2.45, 2.75) is 19.3 Å². The molecule has 0 spiro atoms. The molecule has 0 radical (unpaired) electrons. The van der Waals surface area contributed by atoms with Gasteiger partial charge in [0.05, 0.1) is 5.02 Å². The zero-order valence-electron chi connectivity index (χ0n) is 8.38. The first-order chi connectivity index (χ1) is 7.27. The van der Waals surface area contributed by atoms with Crippen molar-refractivity contribution in [1.29, 1.82) is 0 Å². The Hall–Kier alpha value is -0.440. The Morgan fingerprint density at radius 3 is 2.53 bits per heavy atom. The van der Waals surface area contributed by atoms with Gasteiger partial charge >= 0.3 is 0 Å². The third kappa shape index (κ3) is 2.77. The SMILES string of the molecule is Clc1cccc(ON2CCCCC2)c1Cl. The average molecular weight is 246 g/mol. The van der Waals surface area contributed by atoms with Gasteiger partial charge in [-0.15, -0.1) is 5.06 Å². The van der Waals surface area contributed by atoms with E-state index in [1.54, 1.807) is 6.07 Å². The van der Waals surface area contributed by atoms with Crippen molar-refractivity contribution in [3.8, 4) is 5.75 Å². The molecule has 2 nitrogen and oxygen atoms in total. The van der Waals surface area contributed by atoms with Crippen molar-refractivity contribution in [1.82, 2.24) is 5.06 Å². The summed E-state index contributed by atoms with van der Waals surface area (Å²) in [5.41, 5.74) is 0. The largest absolute Gasteiger partial charge is 0.404 e. The summed E-state index contributed by atoms with van der Waals surface area (Å²) in [4.78, 5) is 5.68. The maximum atomic E-state index is 6.03. The number of rotatable bonds is 2. The van der Waals surface area contributed by atoms with Gasteiger partial charge in [0.2, 0.25) is 0 Å². The van der Waals surface area contributed by atoms with Gasteiger partial charge in [-0.25, -0.2) is 0 Å². The molecular formula is C11H13Cl2NO. The van der Waals surface area contributed by atoms with E-state index in [9.17, 15) is 0 Å². The van der Waals surface area contributed by atoms with Crippen molar-refractivity contribution in [2.75, 3.05) is 13.1 Å². The number of halogens is 2. The van der Waals surface area contributed by atoms with Gasteiger partial charge in [0.25, 0.3) is 0 Å². The molecule has 4 heteroatoms. The van der Waals surface area contributed by atoms with Crippen LogP contribution in [0.3, 0.4) is 0 Å². The molecule has 1 heterocycles. The quantitative estimate of drug-likeness (QED) is 0.787. The molecule has 1 aromatic carbocycles. The molecule has 0 aromatic heterocycles. The Labute approximate surface area is 99.7 Å². The summed E-state index contributed by atoms with van der Waals surface area (Å²) in [6.45, 7) is 1.92. The first-order valence-electron chi connectivity index (χ1n) is 5.14. The van der Waals surface area contributed by atoms with E-state index >= 15 is 0 Å². The van der Waals surface area contributed by atoms with Crippen LogP contribution in [0.1, 0.15) is 19.3 Å². The first kappa shape index (κ1) is 11.1. The van der Waals surface area contributed by atoms with Crippen LogP contribution in [0.15, 0.2) is 18.2 Å². The molecule has 1 aliphatic heterocycles. The van der Waals surface area contributed by atoms with Gasteiger partial charge in [0, 0.05) is 13.1 Å². The second kappa shape index (κ2) is 5.06. The molecular weight excluding hydrogens is 233 g/mol. The monoisotopic (exact) mass is 245 g/mol. The van der Waals surface area contributed by atoms with E-state index in [1.165, 1.54) is 19.3 Å².